The molecule has 6 rings (SSSR count). The van der Waals surface area contributed by atoms with Crippen molar-refractivity contribution in [2.24, 2.45) is 0 Å². The first kappa shape index (κ1) is 31.9. The SMILES string of the molecule is CC(=O)Nc1ccc(NC(=O)c2ccc3c(N(C)C(C)=O)cccc3c2O)cc1.O=C(Oc1ccccc1)c1ccc2n[nH]nc2c1. The maximum atomic E-state index is 12.7. The molecule has 0 aliphatic rings. The third kappa shape index (κ3) is 7.57. The first-order valence-electron chi connectivity index (χ1n) is 14.4. The van der Waals surface area contributed by atoms with Gasteiger partial charge >= 0.3 is 5.97 Å². The van der Waals surface area contributed by atoms with Gasteiger partial charge in [0.15, 0.2) is 0 Å². The van der Waals surface area contributed by atoms with Crippen LogP contribution in [0, 0.1) is 0 Å². The highest BCUT2D eigenvalue weighted by molar-refractivity contribution is 6.12. The lowest BCUT2D eigenvalue weighted by Gasteiger charge is -2.18. The molecule has 3 amide bonds. The first-order valence-corrected chi connectivity index (χ1v) is 14.4. The third-order valence-corrected chi connectivity index (χ3v) is 7.06. The van der Waals surface area contributed by atoms with Crippen molar-refractivity contribution in [3.63, 3.8) is 0 Å². The molecule has 0 atom stereocenters. The van der Waals surface area contributed by atoms with Crippen LogP contribution in [0.2, 0.25) is 0 Å². The topological polar surface area (TPSA) is 167 Å². The number of aromatic hydroxyl groups is 1. The summed E-state index contributed by atoms with van der Waals surface area (Å²) in [5.41, 5.74) is 3.70. The lowest BCUT2D eigenvalue weighted by Crippen LogP contribution is -2.23. The quantitative estimate of drug-likeness (QED) is 0.130. The van der Waals surface area contributed by atoms with Crippen LogP contribution in [-0.4, -0.2) is 51.3 Å². The summed E-state index contributed by atoms with van der Waals surface area (Å²) in [6, 6.07) is 29.0. The Bertz CT molecular complexity index is 2090. The number of nitrogens with zero attached hydrogens (tertiary/aromatic N) is 3. The van der Waals surface area contributed by atoms with Gasteiger partial charge in [0.05, 0.1) is 16.8 Å². The van der Waals surface area contributed by atoms with E-state index in [1.54, 1.807) is 85.9 Å². The maximum absolute atomic E-state index is 12.7. The maximum Gasteiger partial charge on any atom is 0.343 e. The number of nitrogens with one attached hydrogen (secondary N) is 3. The van der Waals surface area contributed by atoms with E-state index in [0.29, 0.717) is 50.2 Å². The van der Waals surface area contributed by atoms with Gasteiger partial charge in [0.25, 0.3) is 5.91 Å². The van der Waals surface area contributed by atoms with Crippen LogP contribution in [0.1, 0.15) is 34.6 Å². The molecule has 4 N–H and O–H groups in total. The average Bonchev–Trinajstić information content (AvgIpc) is 3.54. The minimum absolute atomic E-state index is 0.117. The fourth-order valence-electron chi connectivity index (χ4n) is 4.63. The largest absolute Gasteiger partial charge is 0.506 e. The van der Waals surface area contributed by atoms with E-state index < -0.39 is 11.9 Å². The minimum Gasteiger partial charge on any atom is -0.506 e. The molecule has 47 heavy (non-hydrogen) atoms. The van der Waals surface area contributed by atoms with Gasteiger partial charge in [-0.15, -0.1) is 0 Å². The van der Waals surface area contributed by atoms with Crippen molar-refractivity contribution in [1.29, 1.82) is 0 Å². The zero-order valence-corrected chi connectivity index (χ0v) is 25.6. The number of phenols is 1. The Morgan fingerprint density at radius 1 is 0.745 bits per heavy atom. The van der Waals surface area contributed by atoms with Crippen LogP contribution in [0.5, 0.6) is 11.5 Å². The summed E-state index contributed by atoms with van der Waals surface area (Å²) >= 11 is 0. The van der Waals surface area contributed by atoms with Gasteiger partial charge in [0, 0.05) is 43.0 Å². The summed E-state index contributed by atoms with van der Waals surface area (Å²) < 4.78 is 5.23. The van der Waals surface area contributed by atoms with Crippen molar-refractivity contribution in [1.82, 2.24) is 15.4 Å². The van der Waals surface area contributed by atoms with Crippen molar-refractivity contribution in [2.75, 3.05) is 22.6 Å². The molecule has 0 saturated heterocycles. The predicted octanol–water partition coefficient (Wildman–Crippen LogP) is 5.92. The van der Waals surface area contributed by atoms with Gasteiger partial charge in [-0.05, 0) is 66.7 Å². The fraction of sp³-hybridized carbons (Fsp3) is 0.0857. The molecular formula is C35H30N6O6. The molecule has 0 spiro atoms. The number of hydrogen-bond donors (Lipinski definition) is 4. The Labute approximate surface area is 269 Å². The summed E-state index contributed by atoms with van der Waals surface area (Å²) in [6.07, 6.45) is 0. The molecule has 6 aromatic rings. The number of anilines is 3. The highest BCUT2D eigenvalue weighted by Crippen LogP contribution is 2.35. The number of carbonyl (C=O) groups is 4. The number of para-hydroxylation sites is 1. The highest BCUT2D eigenvalue weighted by atomic mass is 16.5. The zero-order chi connectivity index (χ0) is 33.5. The molecular weight excluding hydrogens is 600 g/mol. The zero-order valence-electron chi connectivity index (χ0n) is 25.6. The Hall–Kier alpha value is -6.56. The van der Waals surface area contributed by atoms with E-state index in [-0.39, 0.29) is 23.1 Å². The van der Waals surface area contributed by atoms with E-state index in [1.165, 1.54) is 24.8 Å². The summed E-state index contributed by atoms with van der Waals surface area (Å²) in [5.74, 6) is -0.844. The molecule has 0 unspecified atom stereocenters. The number of phenolic OH excluding ortho intramolecular Hbond substituents is 1. The molecule has 0 radical (unpaired) electrons. The molecule has 12 nitrogen and oxygen atoms in total. The molecule has 12 heteroatoms. The van der Waals surface area contributed by atoms with Crippen molar-refractivity contribution in [3.05, 3.63) is 114 Å². The van der Waals surface area contributed by atoms with E-state index in [9.17, 15) is 24.3 Å². The number of carbonyl (C=O) groups excluding carboxylic acids is 4. The van der Waals surface area contributed by atoms with E-state index in [4.69, 9.17) is 4.74 Å². The van der Waals surface area contributed by atoms with Crippen LogP contribution in [0.3, 0.4) is 0 Å². The molecule has 0 fully saturated rings. The summed E-state index contributed by atoms with van der Waals surface area (Å²) in [7, 11) is 1.65. The second kappa shape index (κ2) is 14.0. The Morgan fingerprint density at radius 2 is 1.43 bits per heavy atom. The monoisotopic (exact) mass is 630 g/mol. The summed E-state index contributed by atoms with van der Waals surface area (Å²) in [5, 5.41) is 27.5. The van der Waals surface area contributed by atoms with Gasteiger partial charge in [-0.3, -0.25) is 14.4 Å². The van der Waals surface area contributed by atoms with Crippen LogP contribution in [-0.2, 0) is 9.59 Å². The number of H-pyrrole nitrogens is 1. The van der Waals surface area contributed by atoms with Crippen LogP contribution >= 0.6 is 0 Å². The number of rotatable bonds is 6. The van der Waals surface area contributed by atoms with E-state index in [0.717, 1.165) is 0 Å². The lowest BCUT2D eigenvalue weighted by atomic mass is 10.0. The number of amides is 3. The standard InChI is InChI=1S/C22H21N3O4.C13H9N3O2/c1-13(26)23-15-7-9-16(10-8-15)24-22(29)19-12-11-17-18(21(19)28)5-4-6-20(17)25(3)14(2)27;17-13(18-10-4-2-1-3-5-10)9-6-7-11-12(8-9)15-16-14-11/h4-12,28H,1-3H3,(H,23,26)(H,24,29);1-8H,(H,14,15,16). The lowest BCUT2D eigenvalue weighted by molar-refractivity contribution is -0.116. The molecule has 0 saturated carbocycles. The molecule has 1 heterocycles. The number of ether oxygens (including phenoxy) is 1. The van der Waals surface area contributed by atoms with Crippen LogP contribution < -0.4 is 20.3 Å². The number of aromatic amines is 1. The molecule has 1 aromatic heterocycles. The van der Waals surface area contributed by atoms with E-state index >= 15 is 0 Å². The number of benzene rings is 5. The van der Waals surface area contributed by atoms with E-state index in [2.05, 4.69) is 26.0 Å². The second-order valence-electron chi connectivity index (χ2n) is 10.4. The van der Waals surface area contributed by atoms with Crippen molar-refractivity contribution >= 4 is 62.6 Å². The fourth-order valence-corrected chi connectivity index (χ4v) is 4.63. The van der Waals surface area contributed by atoms with Crippen LogP contribution in [0.25, 0.3) is 21.8 Å². The van der Waals surface area contributed by atoms with E-state index in [1.807, 2.05) is 18.2 Å². The normalized spacial score (nSPS) is 10.4. The molecule has 0 aliphatic heterocycles. The van der Waals surface area contributed by atoms with Gasteiger partial charge in [-0.1, -0.05) is 36.4 Å². The number of fused-ring (bicyclic) bond motifs is 2. The first-order chi connectivity index (χ1) is 22.6. The Balaban J connectivity index is 0.000000205. The summed E-state index contributed by atoms with van der Waals surface area (Å²) in [6.45, 7) is 2.87. The predicted molar refractivity (Wildman–Crippen MR) is 179 cm³/mol. The van der Waals surface area contributed by atoms with Gasteiger partial charge in [-0.25, -0.2) is 4.79 Å². The van der Waals surface area contributed by atoms with Gasteiger partial charge in [0.2, 0.25) is 11.8 Å². The molecule has 0 bridgehead atoms. The third-order valence-electron chi connectivity index (χ3n) is 7.06. The number of esters is 1. The molecule has 0 aliphatic carbocycles. The van der Waals surface area contributed by atoms with Crippen molar-refractivity contribution in [2.45, 2.75) is 13.8 Å². The molecule has 236 valence electrons. The van der Waals surface area contributed by atoms with Crippen molar-refractivity contribution < 1.29 is 29.0 Å². The Kier molecular flexibility index (Phi) is 9.51. The average molecular weight is 631 g/mol. The minimum atomic E-state index is -0.470. The van der Waals surface area contributed by atoms with Crippen LogP contribution in [0.15, 0.2) is 103 Å². The number of hydrogen-bond acceptors (Lipinski definition) is 8. The van der Waals surface area contributed by atoms with Gasteiger partial charge in [0.1, 0.15) is 22.5 Å². The smallest absolute Gasteiger partial charge is 0.343 e. The Morgan fingerprint density at radius 3 is 2.11 bits per heavy atom. The van der Waals surface area contributed by atoms with Gasteiger partial charge < -0.3 is 25.4 Å². The molecule has 5 aromatic carbocycles. The summed E-state index contributed by atoms with van der Waals surface area (Å²) in [4.78, 5) is 48.8. The van der Waals surface area contributed by atoms with Crippen LogP contribution in [0.4, 0.5) is 17.1 Å². The highest BCUT2D eigenvalue weighted by Gasteiger charge is 2.17. The number of aromatic nitrogens is 3. The van der Waals surface area contributed by atoms with Crippen molar-refractivity contribution in [3.8, 4) is 11.5 Å². The van der Waals surface area contributed by atoms with Gasteiger partial charge in [-0.2, -0.15) is 15.4 Å². The second-order valence-corrected chi connectivity index (χ2v) is 10.4.